The lowest BCUT2D eigenvalue weighted by molar-refractivity contribution is -0.137. The van der Waals surface area contributed by atoms with Gasteiger partial charge in [-0.05, 0) is 24.3 Å². The molecule has 1 aromatic heterocycles. The first kappa shape index (κ1) is 16.4. The van der Waals surface area contributed by atoms with Crippen LogP contribution in [0.15, 0.2) is 47.4 Å². The average Bonchev–Trinajstić information content (AvgIpc) is 2.51. The van der Waals surface area contributed by atoms with Gasteiger partial charge in [0.15, 0.2) is 0 Å². The minimum atomic E-state index is -4.42. The van der Waals surface area contributed by atoms with Gasteiger partial charge in [0.1, 0.15) is 0 Å². The Morgan fingerprint density at radius 1 is 1.22 bits per heavy atom. The van der Waals surface area contributed by atoms with Gasteiger partial charge in [-0.25, -0.2) is 0 Å². The Balaban J connectivity index is 1.97. The van der Waals surface area contributed by atoms with E-state index in [4.69, 9.17) is 0 Å². The fourth-order valence-corrected chi connectivity index (χ4v) is 1.70. The fourth-order valence-electron chi connectivity index (χ4n) is 1.70. The van der Waals surface area contributed by atoms with E-state index in [0.717, 1.165) is 12.1 Å². The van der Waals surface area contributed by atoms with Crippen molar-refractivity contribution in [3.05, 3.63) is 69.6 Å². The number of amides is 1. The predicted octanol–water partition coefficient (Wildman–Crippen LogP) is 2.18. The Morgan fingerprint density at radius 3 is 2.65 bits per heavy atom. The monoisotopic (exact) mass is 320 g/mol. The molecule has 1 heterocycles. The van der Waals surface area contributed by atoms with Gasteiger partial charge in [0.2, 0.25) is 5.56 Å². The van der Waals surface area contributed by atoms with E-state index in [1.54, 1.807) is 0 Å². The van der Waals surface area contributed by atoms with Crippen molar-refractivity contribution in [2.45, 2.75) is 6.18 Å². The summed E-state index contributed by atoms with van der Waals surface area (Å²) in [6.07, 6.45) is -3.16. The first-order valence-corrected chi connectivity index (χ1v) is 6.49. The molecule has 2 N–H and O–H groups in total. The molecule has 0 radical (unpaired) electrons. The van der Waals surface area contributed by atoms with Crippen molar-refractivity contribution >= 4 is 5.91 Å². The third-order valence-electron chi connectivity index (χ3n) is 2.81. The van der Waals surface area contributed by atoms with Crippen LogP contribution in [0.5, 0.6) is 0 Å². The summed E-state index contributed by atoms with van der Waals surface area (Å²) >= 11 is 0. The van der Waals surface area contributed by atoms with Crippen LogP contribution in [0.1, 0.15) is 21.5 Å². The second-order valence-corrected chi connectivity index (χ2v) is 4.50. The third kappa shape index (κ3) is 4.74. The van der Waals surface area contributed by atoms with Crippen LogP contribution in [-0.2, 0) is 6.18 Å². The van der Waals surface area contributed by atoms with Crippen molar-refractivity contribution in [2.24, 2.45) is 0 Å². The quantitative estimate of drug-likeness (QED) is 0.833. The number of alkyl halides is 3. The van der Waals surface area contributed by atoms with Gasteiger partial charge in [-0.1, -0.05) is 17.9 Å². The highest BCUT2D eigenvalue weighted by atomic mass is 19.4. The molecule has 0 saturated carbocycles. The standard InChI is InChI=1S/C16H11F3N2O2/c17-16(18,19)13-5-1-3-11(9-13)4-2-8-20-15(23)12-6-7-14(22)21-10-12/h1,3,5-7,9-10H,8H2,(H,20,23)(H,21,22). The zero-order valence-electron chi connectivity index (χ0n) is 11.7. The highest BCUT2D eigenvalue weighted by Gasteiger charge is 2.30. The Bertz CT molecular complexity index is 809. The molecule has 0 saturated heterocycles. The molecular weight excluding hydrogens is 309 g/mol. The molecule has 4 nitrogen and oxygen atoms in total. The van der Waals surface area contributed by atoms with E-state index in [9.17, 15) is 22.8 Å². The number of H-pyrrole nitrogens is 1. The Morgan fingerprint density at radius 2 is 2.00 bits per heavy atom. The molecule has 0 spiro atoms. The largest absolute Gasteiger partial charge is 0.416 e. The van der Waals surface area contributed by atoms with Gasteiger partial charge in [0, 0.05) is 17.8 Å². The molecule has 118 valence electrons. The zero-order chi connectivity index (χ0) is 16.9. The van der Waals surface area contributed by atoms with E-state index in [1.165, 1.54) is 30.5 Å². The maximum Gasteiger partial charge on any atom is 0.416 e. The third-order valence-corrected chi connectivity index (χ3v) is 2.81. The number of nitrogens with one attached hydrogen (secondary N) is 2. The van der Waals surface area contributed by atoms with Crippen LogP contribution in [0, 0.1) is 11.8 Å². The second-order valence-electron chi connectivity index (χ2n) is 4.50. The van der Waals surface area contributed by atoms with Gasteiger partial charge < -0.3 is 10.3 Å². The molecule has 0 aliphatic heterocycles. The summed E-state index contributed by atoms with van der Waals surface area (Å²) in [6, 6.07) is 7.19. The maximum atomic E-state index is 12.5. The van der Waals surface area contributed by atoms with Crippen molar-refractivity contribution in [1.82, 2.24) is 10.3 Å². The van der Waals surface area contributed by atoms with E-state index in [0.29, 0.717) is 0 Å². The molecule has 2 aromatic rings. The van der Waals surface area contributed by atoms with Crippen molar-refractivity contribution in [3.63, 3.8) is 0 Å². The van der Waals surface area contributed by atoms with Crippen molar-refractivity contribution in [2.75, 3.05) is 6.54 Å². The van der Waals surface area contributed by atoms with Gasteiger partial charge in [0.25, 0.3) is 5.91 Å². The van der Waals surface area contributed by atoms with Crippen molar-refractivity contribution in [3.8, 4) is 11.8 Å². The lowest BCUT2D eigenvalue weighted by Gasteiger charge is -2.05. The van der Waals surface area contributed by atoms with Gasteiger partial charge >= 0.3 is 6.18 Å². The van der Waals surface area contributed by atoms with E-state index >= 15 is 0 Å². The van der Waals surface area contributed by atoms with E-state index in [-0.39, 0.29) is 23.2 Å². The molecule has 23 heavy (non-hydrogen) atoms. The van der Waals surface area contributed by atoms with Crippen LogP contribution in [0.3, 0.4) is 0 Å². The summed E-state index contributed by atoms with van der Waals surface area (Å²) in [5.41, 5.74) is -0.643. The number of carbonyl (C=O) groups is 1. The number of pyridine rings is 1. The number of carbonyl (C=O) groups excluding carboxylic acids is 1. The lowest BCUT2D eigenvalue weighted by Crippen LogP contribution is -2.24. The second kappa shape index (κ2) is 6.83. The summed E-state index contributed by atoms with van der Waals surface area (Å²) in [7, 11) is 0. The van der Waals surface area contributed by atoms with E-state index in [2.05, 4.69) is 22.1 Å². The SMILES string of the molecule is O=C(NCC#Cc1cccc(C(F)(F)F)c1)c1ccc(=O)[nH]c1. The molecule has 0 aliphatic carbocycles. The van der Waals surface area contributed by atoms with E-state index in [1.807, 2.05) is 0 Å². The summed E-state index contributed by atoms with van der Waals surface area (Å²) in [5, 5.41) is 2.48. The fraction of sp³-hybridized carbons (Fsp3) is 0.125. The Kier molecular flexibility index (Phi) is 4.86. The Hall–Kier alpha value is -3.01. The average molecular weight is 320 g/mol. The first-order valence-electron chi connectivity index (χ1n) is 6.49. The lowest BCUT2D eigenvalue weighted by atomic mass is 10.1. The molecule has 0 bridgehead atoms. The van der Waals surface area contributed by atoms with E-state index < -0.39 is 17.6 Å². The van der Waals surface area contributed by atoms with Crippen LogP contribution in [-0.4, -0.2) is 17.4 Å². The molecule has 0 aliphatic rings. The zero-order valence-corrected chi connectivity index (χ0v) is 11.7. The molecule has 0 atom stereocenters. The van der Waals surface area contributed by atoms with Gasteiger partial charge in [-0.3, -0.25) is 9.59 Å². The molecule has 1 amide bonds. The van der Waals surface area contributed by atoms with Gasteiger partial charge in [-0.15, -0.1) is 0 Å². The summed E-state index contributed by atoms with van der Waals surface area (Å²) in [4.78, 5) is 24.9. The molecule has 0 fully saturated rings. The van der Waals surface area contributed by atoms with Gasteiger partial charge in [0.05, 0.1) is 17.7 Å². The summed E-state index contributed by atoms with van der Waals surface area (Å²) in [5.74, 6) is 4.68. The summed E-state index contributed by atoms with van der Waals surface area (Å²) in [6.45, 7) is -0.0335. The van der Waals surface area contributed by atoms with Gasteiger partial charge in [-0.2, -0.15) is 13.2 Å². The number of rotatable bonds is 2. The molecule has 7 heteroatoms. The maximum absolute atomic E-state index is 12.5. The number of aromatic amines is 1. The van der Waals surface area contributed by atoms with Crippen LogP contribution in [0.4, 0.5) is 13.2 Å². The number of hydrogen-bond donors (Lipinski definition) is 2. The Labute approximate surface area is 129 Å². The number of benzene rings is 1. The van der Waals surface area contributed by atoms with Crippen LogP contribution < -0.4 is 10.9 Å². The number of hydrogen-bond acceptors (Lipinski definition) is 2. The van der Waals surface area contributed by atoms with Crippen molar-refractivity contribution in [1.29, 1.82) is 0 Å². The highest BCUT2D eigenvalue weighted by Crippen LogP contribution is 2.29. The first-order chi connectivity index (χ1) is 10.9. The topological polar surface area (TPSA) is 62.0 Å². The highest BCUT2D eigenvalue weighted by molar-refractivity contribution is 5.93. The minimum Gasteiger partial charge on any atom is -0.341 e. The minimum absolute atomic E-state index is 0.0335. The molecular formula is C16H11F3N2O2. The molecule has 2 rings (SSSR count). The summed E-state index contributed by atoms with van der Waals surface area (Å²) < 4.78 is 37.6. The molecule has 0 unspecified atom stereocenters. The smallest absolute Gasteiger partial charge is 0.341 e. The number of halogens is 3. The van der Waals surface area contributed by atoms with Crippen LogP contribution in [0.2, 0.25) is 0 Å². The van der Waals surface area contributed by atoms with Crippen LogP contribution >= 0.6 is 0 Å². The van der Waals surface area contributed by atoms with Crippen molar-refractivity contribution < 1.29 is 18.0 Å². The van der Waals surface area contributed by atoms with Crippen LogP contribution in [0.25, 0.3) is 0 Å². The molecule has 1 aromatic carbocycles. The normalized spacial score (nSPS) is 10.6. The predicted molar refractivity (Wildman–Crippen MR) is 77.7 cm³/mol. The number of aromatic nitrogens is 1.